The molecule has 0 aliphatic carbocycles. The molecule has 1 amide bonds. The van der Waals surface area contributed by atoms with Crippen LogP contribution in [0.3, 0.4) is 0 Å². The van der Waals surface area contributed by atoms with Gasteiger partial charge < -0.3 is 14.7 Å². The largest absolute Gasteiger partial charge is 0.503 e. The molecule has 1 aromatic heterocycles. The number of carbonyl (C=O) groups excluding carboxylic acids is 2. The number of amides is 1. The Kier molecular flexibility index (Phi) is 8.21. The zero-order valence-electron chi connectivity index (χ0n) is 23.6. The molecule has 1 fully saturated rings. The fourth-order valence-corrected chi connectivity index (χ4v) is 6.38. The lowest BCUT2D eigenvalue weighted by Gasteiger charge is -2.30. The first-order chi connectivity index (χ1) is 19.1. The third-order valence-corrected chi connectivity index (χ3v) is 8.85. The van der Waals surface area contributed by atoms with Gasteiger partial charge in [-0.3, -0.25) is 14.5 Å². The van der Waals surface area contributed by atoms with Crippen molar-refractivity contribution in [3.63, 3.8) is 0 Å². The lowest BCUT2D eigenvalue weighted by molar-refractivity contribution is -0.129. The van der Waals surface area contributed by atoms with Gasteiger partial charge in [0.25, 0.3) is 5.91 Å². The summed E-state index contributed by atoms with van der Waals surface area (Å²) >= 11 is 1.30. The van der Waals surface area contributed by atoms with Crippen LogP contribution in [0, 0.1) is 6.92 Å². The van der Waals surface area contributed by atoms with E-state index in [1.807, 2.05) is 42.5 Å². The van der Waals surface area contributed by atoms with Gasteiger partial charge in [-0.2, -0.15) is 0 Å². The van der Waals surface area contributed by atoms with Gasteiger partial charge in [0.2, 0.25) is 5.78 Å². The summed E-state index contributed by atoms with van der Waals surface area (Å²) in [7, 11) is 0. The normalized spacial score (nSPS) is 18.6. The second kappa shape index (κ2) is 11.6. The summed E-state index contributed by atoms with van der Waals surface area (Å²) in [5.74, 6) is -1.31. The number of hydrogen-bond acceptors (Lipinski definition) is 7. The van der Waals surface area contributed by atoms with Crippen molar-refractivity contribution in [3.05, 3.63) is 87.6 Å². The quantitative estimate of drug-likeness (QED) is 0.356. The molecular formula is C32H37N3O4S. The van der Waals surface area contributed by atoms with Crippen molar-refractivity contribution < 1.29 is 19.4 Å². The van der Waals surface area contributed by atoms with Crippen molar-refractivity contribution in [1.29, 1.82) is 0 Å². The Morgan fingerprint density at radius 1 is 1.05 bits per heavy atom. The Labute approximate surface area is 240 Å². The van der Waals surface area contributed by atoms with Gasteiger partial charge in [-0.05, 0) is 29.9 Å². The third kappa shape index (κ3) is 5.75. The summed E-state index contributed by atoms with van der Waals surface area (Å²) in [6.45, 7) is 12.7. The second-order valence-corrected chi connectivity index (χ2v) is 12.5. The summed E-state index contributed by atoms with van der Waals surface area (Å²) in [6.07, 6.45) is 0.731. The van der Waals surface area contributed by atoms with Gasteiger partial charge in [0, 0.05) is 31.7 Å². The summed E-state index contributed by atoms with van der Waals surface area (Å²) in [4.78, 5) is 36.6. The number of morpholine rings is 1. The average molecular weight is 560 g/mol. The number of aromatic nitrogens is 1. The van der Waals surface area contributed by atoms with E-state index in [0.717, 1.165) is 47.8 Å². The molecule has 3 aromatic rings. The molecule has 0 radical (unpaired) electrons. The van der Waals surface area contributed by atoms with Gasteiger partial charge in [0.15, 0.2) is 5.76 Å². The van der Waals surface area contributed by atoms with Gasteiger partial charge in [-0.15, -0.1) is 11.3 Å². The number of nitrogens with zero attached hydrogens (tertiary/aromatic N) is 3. The molecule has 40 heavy (non-hydrogen) atoms. The minimum atomic E-state index is -0.666. The summed E-state index contributed by atoms with van der Waals surface area (Å²) in [6, 6.07) is 17.1. The van der Waals surface area contributed by atoms with Gasteiger partial charge in [-0.25, -0.2) is 4.98 Å². The number of thiazole rings is 1. The van der Waals surface area contributed by atoms with Gasteiger partial charge >= 0.3 is 0 Å². The predicted molar refractivity (Wildman–Crippen MR) is 158 cm³/mol. The Balaban J connectivity index is 1.47. The van der Waals surface area contributed by atoms with Crippen LogP contribution in [0.4, 0.5) is 0 Å². The highest BCUT2D eigenvalue weighted by atomic mass is 32.1. The number of hydrogen-bond donors (Lipinski definition) is 1. The van der Waals surface area contributed by atoms with Gasteiger partial charge in [-0.1, -0.05) is 75.4 Å². The number of Topliss-reactive ketones (excluding diaryl/α,β-unsaturated/α-hetero) is 1. The second-order valence-electron chi connectivity index (χ2n) is 11.5. The Bertz CT molecular complexity index is 1400. The summed E-state index contributed by atoms with van der Waals surface area (Å²) in [5.41, 5.74) is 3.58. The van der Waals surface area contributed by atoms with Crippen molar-refractivity contribution in [2.24, 2.45) is 0 Å². The molecule has 2 aromatic carbocycles. The molecule has 3 heterocycles. The van der Waals surface area contributed by atoms with Crippen LogP contribution >= 0.6 is 11.3 Å². The van der Waals surface area contributed by atoms with E-state index >= 15 is 0 Å². The molecule has 2 aliphatic heterocycles. The Morgan fingerprint density at radius 2 is 1.73 bits per heavy atom. The highest BCUT2D eigenvalue weighted by Gasteiger charge is 2.44. The van der Waals surface area contributed by atoms with E-state index in [1.54, 1.807) is 11.8 Å². The minimum Gasteiger partial charge on any atom is -0.503 e. The Morgan fingerprint density at radius 3 is 2.38 bits per heavy atom. The minimum absolute atomic E-state index is 0.0356. The molecule has 1 N–H and O–H groups in total. The van der Waals surface area contributed by atoms with Crippen molar-refractivity contribution >= 4 is 23.0 Å². The first kappa shape index (κ1) is 28.2. The van der Waals surface area contributed by atoms with Gasteiger partial charge in [0.1, 0.15) is 5.01 Å². The van der Waals surface area contributed by atoms with Crippen molar-refractivity contribution in [2.75, 3.05) is 39.4 Å². The van der Waals surface area contributed by atoms with E-state index < -0.39 is 17.7 Å². The lowest BCUT2D eigenvalue weighted by Crippen LogP contribution is -2.39. The van der Waals surface area contributed by atoms with Crippen LogP contribution < -0.4 is 0 Å². The maximum absolute atomic E-state index is 14.1. The first-order valence-corrected chi connectivity index (χ1v) is 14.7. The highest BCUT2D eigenvalue weighted by Crippen LogP contribution is 2.41. The van der Waals surface area contributed by atoms with Crippen LogP contribution in [-0.2, 0) is 14.9 Å². The standard InChI is InChI=1S/C32H37N3O4S/c1-21-29(40-30(33-21)23-9-6-5-7-10-23)27(36)25-26(22-11-13-24(14-12-22)32(2,3)4)35(31(38)28(25)37)16-8-15-34-17-19-39-20-18-34/h5-7,9-14,26,37H,8,15-20H2,1-4H3. The zero-order chi connectivity index (χ0) is 28.4. The van der Waals surface area contributed by atoms with Crippen LogP contribution in [0.2, 0.25) is 0 Å². The van der Waals surface area contributed by atoms with Crippen molar-refractivity contribution in [2.45, 2.75) is 45.6 Å². The number of aryl methyl sites for hydroxylation is 1. The average Bonchev–Trinajstić information content (AvgIpc) is 3.46. The van der Waals surface area contributed by atoms with Crippen LogP contribution in [0.25, 0.3) is 10.6 Å². The molecule has 1 unspecified atom stereocenters. The number of ketones is 1. The molecule has 5 rings (SSSR count). The molecule has 0 saturated carbocycles. The van der Waals surface area contributed by atoms with E-state index in [4.69, 9.17) is 4.74 Å². The van der Waals surface area contributed by atoms with Crippen LogP contribution in [0.1, 0.15) is 59.7 Å². The van der Waals surface area contributed by atoms with Crippen molar-refractivity contribution in [1.82, 2.24) is 14.8 Å². The number of benzene rings is 2. The molecule has 0 bridgehead atoms. The van der Waals surface area contributed by atoms with E-state index in [0.29, 0.717) is 30.3 Å². The van der Waals surface area contributed by atoms with E-state index in [2.05, 4.69) is 42.8 Å². The molecule has 8 heteroatoms. The van der Waals surface area contributed by atoms with E-state index in [1.165, 1.54) is 11.3 Å². The number of carbonyl (C=O) groups is 2. The molecule has 1 saturated heterocycles. The summed E-state index contributed by atoms with van der Waals surface area (Å²) in [5, 5.41) is 11.9. The maximum Gasteiger partial charge on any atom is 0.290 e. The molecule has 210 valence electrons. The molecule has 0 spiro atoms. The predicted octanol–water partition coefficient (Wildman–Crippen LogP) is 5.72. The van der Waals surface area contributed by atoms with Crippen LogP contribution in [0.15, 0.2) is 65.9 Å². The van der Waals surface area contributed by atoms with Crippen LogP contribution in [0.5, 0.6) is 0 Å². The number of ether oxygens (including phenoxy) is 1. The monoisotopic (exact) mass is 559 g/mol. The Hall–Kier alpha value is -3.33. The topological polar surface area (TPSA) is 83.0 Å². The first-order valence-electron chi connectivity index (χ1n) is 13.9. The molecule has 2 aliphatic rings. The number of rotatable bonds is 8. The van der Waals surface area contributed by atoms with Crippen molar-refractivity contribution in [3.8, 4) is 10.6 Å². The smallest absolute Gasteiger partial charge is 0.290 e. The summed E-state index contributed by atoms with van der Waals surface area (Å²) < 4.78 is 5.45. The number of aliphatic hydroxyl groups is 1. The fraction of sp³-hybridized carbons (Fsp3) is 0.406. The highest BCUT2D eigenvalue weighted by molar-refractivity contribution is 7.17. The van der Waals surface area contributed by atoms with Gasteiger partial charge in [0.05, 0.1) is 35.4 Å². The van der Waals surface area contributed by atoms with E-state index in [9.17, 15) is 14.7 Å². The molecule has 1 atom stereocenters. The fourth-order valence-electron chi connectivity index (χ4n) is 5.35. The lowest BCUT2D eigenvalue weighted by atomic mass is 9.85. The number of aliphatic hydroxyl groups excluding tert-OH is 1. The zero-order valence-corrected chi connectivity index (χ0v) is 24.5. The maximum atomic E-state index is 14.1. The van der Waals surface area contributed by atoms with E-state index in [-0.39, 0.29) is 16.8 Å². The third-order valence-electron chi connectivity index (χ3n) is 7.64. The molecular weight excluding hydrogens is 522 g/mol. The molecule has 7 nitrogen and oxygen atoms in total. The van der Waals surface area contributed by atoms with Crippen LogP contribution in [-0.4, -0.2) is 71.0 Å². The SMILES string of the molecule is Cc1nc(-c2ccccc2)sc1C(=O)C1=C(O)C(=O)N(CCCN2CCOCC2)C1c1ccc(C(C)(C)C)cc1.